The van der Waals surface area contributed by atoms with Crippen molar-refractivity contribution >= 4 is 35.2 Å². The van der Waals surface area contributed by atoms with Gasteiger partial charge in [-0.1, -0.05) is 47.5 Å². The minimum Gasteiger partial charge on any atom is -0.367 e. The van der Waals surface area contributed by atoms with Crippen LogP contribution in [0, 0.1) is 0 Å². The maximum absolute atomic E-state index is 11.2. The van der Waals surface area contributed by atoms with Crippen LogP contribution in [0.3, 0.4) is 0 Å². The number of aldehydes is 1. The molecule has 0 aromatic heterocycles. The minimum absolute atomic E-state index is 0.0286. The second kappa shape index (κ2) is 6.29. The van der Waals surface area contributed by atoms with E-state index in [2.05, 4.69) is 0 Å². The number of rotatable bonds is 4. The van der Waals surface area contributed by atoms with Crippen molar-refractivity contribution in [1.29, 1.82) is 0 Å². The molecule has 2 aromatic rings. The van der Waals surface area contributed by atoms with Gasteiger partial charge in [0.1, 0.15) is 0 Å². The van der Waals surface area contributed by atoms with Crippen LogP contribution in [0.4, 0.5) is 5.69 Å². The first kappa shape index (κ1) is 14.9. The highest BCUT2D eigenvalue weighted by molar-refractivity contribution is 6.33. The van der Waals surface area contributed by atoms with Crippen molar-refractivity contribution in [2.75, 3.05) is 11.9 Å². The Morgan fingerprint density at radius 2 is 1.70 bits per heavy atom. The smallest absolute Gasteiger partial charge is 0.153 e. The molecular weight excluding hydrogens is 293 g/mol. The first-order valence-corrected chi connectivity index (χ1v) is 7.02. The van der Waals surface area contributed by atoms with Crippen LogP contribution in [0.5, 0.6) is 0 Å². The molecule has 0 fully saturated rings. The normalized spacial score (nSPS) is 12.0. The molecule has 0 bridgehead atoms. The summed E-state index contributed by atoms with van der Waals surface area (Å²) in [6.45, 7) is 2.04. The topological polar surface area (TPSA) is 20.3 Å². The van der Waals surface area contributed by atoms with E-state index < -0.39 is 0 Å². The minimum atomic E-state index is 0.0286. The zero-order valence-electron chi connectivity index (χ0n) is 11.3. The van der Waals surface area contributed by atoms with E-state index in [-0.39, 0.29) is 6.04 Å². The number of hydrogen-bond donors (Lipinski definition) is 0. The summed E-state index contributed by atoms with van der Waals surface area (Å²) in [6.07, 6.45) is 0.785. The molecule has 104 valence electrons. The van der Waals surface area contributed by atoms with Crippen molar-refractivity contribution in [1.82, 2.24) is 0 Å². The van der Waals surface area contributed by atoms with Crippen LogP contribution >= 0.6 is 23.2 Å². The standard InChI is InChI=1S/C16H15Cl2NO/c1-11(12-6-3-4-7-14(12)17)19(2)16-9-5-8-15(18)13(16)10-20/h3-11H,1-2H3. The first-order valence-electron chi connectivity index (χ1n) is 6.27. The summed E-state index contributed by atoms with van der Waals surface area (Å²) in [6, 6.07) is 13.1. The number of halogens is 2. The number of carbonyl (C=O) groups excluding carboxylic acids is 1. The molecule has 2 aromatic carbocycles. The van der Waals surface area contributed by atoms with Gasteiger partial charge in [-0.25, -0.2) is 0 Å². The summed E-state index contributed by atoms with van der Waals surface area (Å²) in [5.74, 6) is 0. The molecule has 0 aliphatic heterocycles. The Labute approximate surface area is 128 Å². The summed E-state index contributed by atoms with van der Waals surface area (Å²) in [7, 11) is 1.92. The molecule has 2 rings (SSSR count). The van der Waals surface area contributed by atoms with E-state index >= 15 is 0 Å². The third kappa shape index (κ3) is 2.82. The highest BCUT2D eigenvalue weighted by Gasteiger charge is 2.18. The van der Waals surface area contributed by atoms with E-state index in [1.165, 1.54) is 0 Å². The summed E-state index contributed by atoms with van der Waals surface area (Å²) in [5.41, 5.74) is 2.30. The van der Waals surface area contributed by atoms with E-state index in [1.807, 2.05) is 55.3 Å². The zero-order chi connectivity index (χ0) is 14.7. The molecule has 0 aliphatic carbocycles. The highest BCUT2D eigenvalue weighted by atomic mass is 35.5. The number of hydrogen-bond acceptors (Lipinski definition) is 2. The van der Waals surface area contributed by atoms with Gasteiger partial charge in [-0.15, -0.1) is 0 Å². The lowest BCUT2D eigenvalue weighted by atomic mass is 10.1. The lowest BCUT2D eigenvalue weighted by molar-refractivity contribution is 0.112. The summed E-state index contributed by atoms with van der Waals surface area (Å²) < 4.78 is 0. The molecule has 0 aliphatic rings. The van der Waals surface area contributed by atoms with Gasteiger partial charge in [0.15, 0.2) is 6.29 Å². The SMILES string of the molecule is CC(c1ccccc1Cl)N(C)c1cccc(Cl)c1C=O. The highest BCUT2D eigenvalue weighted by Crippen LogP contribution is 2.33. The molecule has 4 heteroatoms. The van der Waals surface area contributed by atoms with Crippen LogP contribution in [0.2, 0.25) is 10.0 Å². The Hall–Kier alpha value is -1.51. The van der Waals surface area contributed by atoms with Gasteiger partial charge in [0.25, 0.3) is 0 Å². The fraction of sp³-hybridized carbons (Fsp3) is 0.188. The van der Waals surface area contributed by atoms with Gasteiger partial charge in [0.2, 0.25) is 0 Å². The van der Waals surface area contributed by atoms with Gasteiger partial charge < -0.3 is 4.90 Å². The fourth-order valence-corrected chi connectivity index (χ4v) is 2.69. The van der Waals surface area contributed by atoms with Crippen molar-refractivity contribution in [2.45, 2.75) is 13.0 Å². The molecule has 0 saturated heterocycles. The number of benzene rings is 2. The Balaban J connectivity index is 2.41. The summed E-state index contributed by atoms with van der Waals surface area (Å²) in [5, 5.41) is 1.16. The van der Waals surface area contributed by atoms with Crippen LogP contribution in [-0.2, 0) is 0 Å². The van der Waals surface area contributed by atoms with Gasteiger partial charge in [-0.2, -0.15) is 0 Å². The molecule has 1 atom stereocenters. The Morgan fingerprint density at radius 3 is 2.35 bits per heavy atom. The van der Waals surface area contributed by atoms with Crippen molar-refractivity contribution in [3.05, 3.63) is 63.6 Å². The van der Waals surface area contributed by atoms with Crippen molar-refractivity contribution < 1.29 is 4.79 Å². The van der Waals surface area contributed by atoms with Gasteiger partial charge in [-0.05, 0) is 30.7 Å². The summed E-state index contributed by atoms with van der Waals surface area (Å²) in [4.78, 5) is 13.2. The fourth-order valence-electron chi connectivity index (χ4n) is 2.18. The third-order valence-corrected chi connectivity index (χ3v) is 4.14. The van der Waals surface area contributed by atoms with Crippen LogP contribution < -0.4 is 4.90 Å². The largest absolute Gasteiger partial charge is 0.367 e. The molecule has 0 radical (unpaired) electrons. The molecule has 0 heterocycles. The first-order chi connectivity index (χ1) is 9.56. The van der Waals surface area contributed by atoms with E-state index in [4.69, 9.17) is 23.2 Å². The molecule has 1 unspecified atom stereocenters. The van der Waals surface area contributed by atoms with Crippen LogP contribution in [0.25, 0.3) is 0 Å². The number of carbonyl (C=O) groups is 1. The van der Waals surface area contributed by atoms with Crippen LogP contribution in [-0.4, -0.2) is 13.3 Å². The Bertz CT molecular complexity index is 628. The maximum Gasteiger partial charge on any atom is 0.153 e. The lowest BCUT2D eigenvalue weighted by Crippen LogP contribution is -2.23. The van der Waals surface area contributed by atoms with Crippen molar-refractivity contribution in [3.63, 3.8) is 0 Å². The predicted molar refractivity (Wildman–Crippen MR) is 85.1 cm³/mol. The van der Waals surface area contributed by atoms with Crippen molar-refractivity contribution in [3.8, 4) is 0 Å². The zero-order valence-corrected chi connectivity index (χ0v) is 12.8. The second-order valence-corrected chi connectivity index (χ2v) is 5.41. The molecule has 0 spiro atoms. The third-order valence-electron chi connectivity index (χ3n) is 3.46. The van der Waals surface area contributed by atoms with E-state index in [0.717, 1.165) is 17.5 Å². The molecule has 20 heavy (non-hydrogen) atoms. The molecule has 0 N–H and O–H groups in total. The molecular formula is C16H15Cl2NO. The average Bonchev–Trinajstić information content (AvgIpc) is 2.46. The van der Waals surface area contributed by atoms with Crippen molar-refractivity contribution in [2.24, 2.45) is 0 Å². The predicted octanol–water partition coefficient (Wildman–Crippen LogP) is 5.00. The molecule has 0 amide bonds. The maximum atomic E-state index is 11.2. The van der Waals surface area contributed by atoms with Crippen LogP contribution in [0.1, 0.15) is 28.9 Å². The van der Waals surface area contributed by atoms with Crippen LogP contribution in [0.15, 0.2) is 42.5 Å². The summed E-state index contributed by atoms with van der Waals surface area (Å²) >= 11 is 12.3. The van der Waals surface area contributed by atoms with E-state index in [0.29, 0.717) is 15.6 Å². The number of nitrogens with zero attached hydrogens (tertiary/aromatic N) is 1. The monoisotopic (exact) mass is 307 g/mol. The Morgan fingerprint density at radius 1 is 1.05 bits per heavy atom. The van der Waals surface area contributed by atoms with Gasteiger partial charge in [0, 0.05) is 17.8 Å². The van der Waals surface area contributed by atoms with Gasteiger partial charge in [0.05, 0.1) is 16.6 Å². The van der Waals surface area contributed by atoms with Gasteiger partial charge in [-0.3, -0.25) is 4.79 Å². The number of anilines is 1. The van der Waals surface area contributed by atoms with E-state index in [1.54, 1.807) is 6.07 Å². The second-order valence-electron chi connectivity index (χ2n) is 4.60. The Kier molecular flexibility index (Phi) is 4.69. The quantitative estimate of drug-likeness (QED) is 0.741. The van der Waals surface area contributed by atoms with E-state index in [9.17, 15) is 4.79 Å². The molecule has 0 saturated carbocycles. The average molecular weight is 308 g/mol. The lowest BCUT2D eigenvalue weighted by Gasteiger charge is -2.29. The van der Waals surface area contributed by atoms with Gasteiger partial charge >= 0.3 is 0 Å². The molecule has 2 nitrogen and oxygen atoms in total.